The van der Waals surface area contributed by atoms with Crippen molar-refractivity contribution in [2.24, 2.45) is 11.7 Å². The van der Waals surface area contributed by atoms with Gasteiger partial charge in [-0.25, -0.2) is 0 Å². The number of nitrogens with two attached hydrogens (primary N) is 1. The number of amides is 1. The molecule has 2 heterocycles. The summed E-state index contributed by atoms with van der Waals surface area (Å²) in [4.78, 5) is 18.4. The highest BCUT2D eigenvalue weighted by atomic mass is 32.1. The molecule has 1 aromatic heterocycles. The van der Waals surface area contributed by atoms with E-state index in [1.807, 2.05) is 4.90 Å². The van der Waals surface area contributed by atoms with Gasteiger partial charge in [0.1, 0.15) is 0 Å². The van der Waals surface area contributed by atoms with Gasteiger partial charge in [0.15, 0.2) is 0 Å². The van der Waals surface area contributed by atoms with Crippen LogP contribution in [0.25, 0.3) is 0 Å². The third kappa shape index (κ3) is 4.78. The molecule has 23 heavy (non-hydrogen) atoms. The number of rotatable bonds is 5. The summed E-state index contributed by atoms with van der Waals surface area (Å²) in [6, 6.07) is 3.99. The fourth-order valence-corrected chi connectivity index (χ4v) is 4.61. The second kappa shape index (κ2) is 8.27. The Morgan fingerprint density at radius 1 is 1.22 bits per heavy atom. The quantitative estimate of drug-likeness (QED) is 0.900. The molecule has 0 bridgehead atoms. The minimum atomic E-state index is -0.290. The van der Waals surface area contributed by atoms with Crippen molar-refractivity contribution < 1.29 is 4.79 Å². The number of piperazine rings is 1. The van der Waals surface area contributed by atoms with Crippen molar-refractivity contribution >= 4 is 17.2 Å². The molecule has 128 valence electrons. The van der Waals surface area contributed by atoms with Crippen molar-refractivity contribution in [2.45, 2.75) is 51.1 Å². The Balaban J connectivity index is 1.42. The summed E-state index contributed by atoms with van der Waals surface area (Å²) in [5, 5.41) is 2.12. The maximum Gasteiger partial charge on any atom is 0.239 e. The van der Waals surface area contributed by atoms with Crippen LogP contribution in [0.2, 0.25) is 0 Å². The van der Waals surface area contributed by atoms with Gasteiger partial charge in [-0.15, -0.1) is 11.3 Å². The third-order valence-electron chi connectivity index (χ3n) is 5.27. The second-order valence-corrected chi connectivity index (χ2v) is 8.06. The molecule has 1 saturated heterocycles. The van der Waals surface area contributed by atoms with Gasteiger partial charge in [0, 0.05) is 37.6 Å². The molecule has 3 rings (SSSR count). The standard InChI is InChI=1S/C18H29N3OS/c19-17(13-15-5-2-1-3-6-15)18(22)21-10-8-20(9-11-21)14-16-7-4-12-23-16/h4,7,12,15,17H,1-3,5-6,8-11,13-14,19H2. The fraction of sp³-hybridized carbons (Fsp3) is 0.722. The number of hydrogen-bond donors (Lipinski definition) is 1. The molecule has 1 amide bonds. The Morgan fingerprint density at radius 2 is 1.96 bits per heavy atom. The largest absolute Gasteiger partial charge is 0.339 e. The summed E-state index contributed by atoms with van der Waals surface area (Å²) in [5.74, 6) is 0.842. The molecule has 2 aliphatic rings. The molecule has 0 radical (unpaired) electrons. The fourth-order valence-electron chi connectivity index (χ4n) is 3.87. The minimum Gasteiger partial charge on any atom is -0.339 e. The van der Waals surface area contributed by atoms with Crippen molar-refractivity contribution in [1.29, 1.82) is 0 Å². The zero-order valence-corrected chi connectivity index (χ0v) is 14.8. The zero-order valence-electron chi connectivity index (χ0n) is 14.0. The van der Waals surface area contributed by atoms with Gasteiger partial charge in [-0.05, 0) is 23.8 Å². The first kappa shape index (κ1) is 16.9. The highest BCUT2D eigenvalue weighted by Gasteiger charge is 2.27. The number of carbonyl (C=O) groups excluding carboxylic acids is 1. The Hall–Kier alpha value is -0.910. The van der Waals surface area contributed by atoms with Crippen molar-refractivity contribution in [3.63, 3.8) is 0 Å². The number of carbonyl (C=O) groups is 1. The molecular formula is C18H29N3OS. The van der Waals surface area contributed by atoms with Gasteiger partial charge in [0.05, 0.1) is 6.04 Å². The average Bonchev–Trinajstić information content (AvgIpc) is 3.09. The van der Waals surface area contributed by atoms with Gasteiger partial charge in [0.2, 0.25) is 5.91 Å². The molecular weight excluding hydrogens is 306 g/mol. The number of thiophene rings is 1. The minimum absolute atomic E-state index is 0.173. The lowest BCUT2D eigenvalue weighted by atomic mass is 9.84. The topological polar surface area (TPSA) is 49.6 Å². The molecule has 1 aliphatic carbocycles. The van der Waals surface area contributed by atoms with Crippen LogP contribution in [0.3, 0.4) is 0 Å². The van der Waals surface area contributed by atoms with E-state index in [2.05, 4.69) is 22.4 Å². The Labute approximate surface area is 143 Å². The lowest BCUT2D eigenvalue weighted by Crippen LogP contribution is -2.53. The van der Waals surface area contributed by atoms with Crippen molar-refractivity contribution in [2.75, 3.05) is 26.2 Å². The Morgan fingerprint density at radius 3 is 2.61 bits per heavy atom. The first-order valence-corrected chi connectivity index (χ1v) is 9.89. The Kier molecular flexibility index (Phi) is 6.08. The number of hydrogen-bond acceptors (Lipinski definition) is 4. The Bertz CT molecular complexity index is 476. The third-order valence-corrected chi connectivity index (χ3v) is 6.13. The van der Waals surface area contributed by atoms with Crippen LogP contribution < -0.4 is 5.73 Å². The van der Waals surface area contributed by atoms with Gasteiger partial charge in [-0.1, -0.05) is 38.2 Å². The molecule has 0 spiro atoms. The highest BCUT2D eigenvalue weighted by Crippen LogP contribution is 2.27. The molecule has 0 aromatic carbocycles. The zero-order chi connectivity index (χ0) is 16.1. The van der Waals surface area contributed by atoms with Crippen LogP contribution in [-0.2, 0) is 11.3 Å². The van der Waals surface area contributed by atoms with Crippen molar-refractivity contribution in [1.82, 2.24) is 9.80 Å². The van der Waals surface area contributed by atoms with E-state index in [-0.39, 0.29) is 11.9 Å². The predicted octanol–water partition coefficient (Wildman–Crippen LogP) is 2.69. The van der Waals surface area contributed by atoms with Crippen molar-refractivity contribution in [3.05, 3.63) is 22.4 Å². The molecule has 1 saturated carbocycles. The summed E-state index contributed by atoms with van der Waals surface area (Å²) in [6.45, 7) is 4.57. The molecule has 2 fully saturated rings. The van der Waals surface area contributed by atoms with Crippen LogP contribution in [0, 0.1) is 5.92 Å². The van der Waals surface area contributed by atoms with Crippen LogP contribution in [0.1, 0.15) is 43.4 Å². The van der Waals surface area contributed by atoms with Crippen LogP contribution in [0.5, 0.6) is 0 Å². The van der Waals surface area contributed by atoms with E-state index in [9.17, 15) is 4.79 Å². The van der Waals surface area contributed by atoms with Gasteiger partial charge in [-0.2, -0.15) is 0 Å². The van der Waals surface area contributed by atoms with Crippen LogP contribution in [0.15, 0.2) is 17.5 Å². The SMILES string of the molecule is NC(CC1CCCCC1)C(=O)N1CCN(Cc2cccs2)CC1. The molecule has 5 heteroatoms. The summed E-state index contributed by atoms with van der Waals surface area (Å²) < 4.78 is 0. The highest BCUT2D eigenvalue weighted by molar-refractivity contribution is 7.09. The normalized spacial score (nSPS) is 22.2. The maximum absolute atomic E-state index is 12.6. The summed E-state index contributed by atoms with van der Waals surface area (Å²) >= 11 is 1.81. The second-order valence-electron chi connectivity index (χ2n) is 7.03. The first-order chi connectivity index (χ1) is 11.2. The van der Waals surface area contributed by atoms with Crippen LogP contribution >= 0.6 is 11.3 Å². The van der Waals surface area contributed by atoms with Crippen molar-refractivity contribution in [3.8, 4) is 0 Å². The monoisotopic (exact) mass is 335 g/mol. The van der Waals surface area contributed by atoms with Crippen LogP contribution in [0.4, 0.5) is 0 Å². The summed E-state index contributed by atoms with van der Waals surface area (Å²) in [7, 11) is 0. The maximum atomic E-state index is 12.6. The summed E-state index contributed by atoms with van der Waals surface area (Å²) in [5.41, 5.74) is 6.22. The van der Waals surface area contributed by atoms with E-state index in [4.69, 9.17) is 5.73 Å². The van der Waals surface area contributed by atoms with E-state index in [0.717, 1.165) is 39.1 Å². The van der Waals surface area contributed by atoms with Gasteiger partial charge in [0.25, 0.3) is 0 Å². The first-order valence-electron chi connectivity index (χ1n) is 9.01. The number of nitrogens with zero attached hydrogens (tertiary/aromatic N) is 2. The predicted molar refractivity (Wildman–Crippen MR) is 95.3 cm³/mol. The van der Waals surface area contributed by atoms with E-state index in [1.165, 1.54) is 37.0 Å². The molecule has 4 nitrogen and oxygen atoms in total. The van der Waals surface area contributed by atoms with E-state index >= 15 is 0 Å². The van der Waals surface area contributed by atoms with Gasteiger partial charge < -0.3 is 10.6 Å². The van der Waals surface area contributed by atoms with E-state index in [0.29, 0.717) is 5.92 Å². The summed E-state index contributed by atoms with van der Waals surface area (Å²) in [6.07, 6.45) is 7.38. The smallest absolute Gasteiger partial charge is 0.239 e. The van der Waals surface area contributed by atoms with E-state index < -0.39 is 0 Å². The molecule has 2 N–H and O–H groups in total. The lowest BCUT2D eigenvalue weighted by molar-refractivity contribution is -0.134. The average molecular weight is 336 g/mol. The van der Waals surface area contributed by atoms with E-state index in [1.54, 1.807) is 11.3 Å². The van der Waals surface area contributed by atoms with Gasteiger partial charge in [-0.3, -0.25) is 9.69 Å². The molecule has 1 atom stereocenters. The molecule has 1 aliphatic heterocycles. The van der Waals surface area contributed by atoms with Gasteiger partial charge >= 0.3 is 0 Å². The van der Waals surface area contributed by atoms with Crippen LogP contribution in [-0.4, -0.2) is 47.9 Å². The lowest BCUT2D eigenvalue weighted by Gasteiger charge is -2.36. The molecule has 1 unspecified atom stereocenters. The molecule has 1 aromatic rings.